The van der Waals surface area contributed by atoms with E-state index in [1.54, 1.807) is 17.0 Å². The van der Waals surface area contributed by atoms with Crippen LogP contribution in [0.1, 0.15) is 52.9 Å². The van der Waals surface area contributed by atoms with E-state index in [1.165, 1.54) is 6.08 Å². The molecule has 1 aromatic carbocycles. The van der Waals surface area contributed by atoms with Crippen LogP contribution in [0.2, 0.25) is 0 Å². The minimum atomic E-state index is -0.322. The number of Topliss-reactive ketones (excluding diaryl/α,β-unsaturated/α-hetero) is 1. The predicted octanol–water partition coefficient (Wildman–Crippen LogP) is 3.07. The zero-order valence-corrected chi connectivity index (χ0v) is 23.9. The second-order valence-electron chi connectivity index (χ2n) is 11.3. The lowest BCUT2D eigenvalue weighted by atomic mass is 9.81. The molecule has 3 aliphatic rings. The maximum absolute atomic E-state index is 13.9. The second-order valence-corrected chi connectivity index (χ2v) is 11.3. The van der Waals surface area contributed by atoms with Gasteiger partial charge in [-0.2, -0.15) is 15.2 Å². The lowest BCUT2D eigenvalue weighted by Gasteiger charge is -2.41. The third-order valence-electron chi connectivity index (χ3n) is 8.79. The van der Waals surface area contributed by atoms with Crippen molar-refractivity contribution in [3.8, 4) is 17.8 Å². The minimum Gasteiger partial charge on any atom is -0.508 e. The number of hydrogen-bond donors (Lipinski definition) is 1. The molecule has 2 unspecified atom stereocenters. The quantitative estimate of drug-likeness (QED) is 0.487. The fourth-order valence-corrected chi connectivity index (χ4v) is 6.34. The largest absolute Gasteiger partial charge is 0.508 e. The molecule has 0 radical (unpaired) electrons. The number of anilines is 1. The van der Waals surface area contributed by atoms with Gasteiger partial charge in [0.05, 0.1) is 18.5 Å². The molecular formula is C31H38N6O4. The van der Waals surface area contributed by atoms with Gasteiger partial charge in [0, 0.05) is 37.2 Å². The molecule has 2 aromatic rings. The molecule has 1 N–H and O–H groups in total. The molecule has 1 amide bonds. The number of carbonyl (C=O) groups excluding carboxylic acids is 2. The molecular weight excluding hydrogens is 520 g/mol. The van der Waals surface area contributed by atoms with Gasteiger partial charge in [0.2, 0.25) is 5.91 Å². The lowest BCUT2D eigenvalue weighted by Crippen LogP contribution is -2.55. The van der Waals surface area contributed by atoms with E-state index < -0.39 is 0 Å². The number of aromatic nitrogens is 2. The van der Waals surface area contributed by atoms with Gasteiger partial charge in [-0.3, -0.25) is 9.59 Å². The number of likely N-dealkylation sites (N-methyl/N-ethyl adjacent to an activating group) is 1. The molecule has 5 rings (SSSR count). The third kappa shape index (κ3) is 5.91. The first-order chi connectivity index (χ1) is 19.8. The number of rotatable bonds is 8. The van der Waals surface area contributed by atoms with Crippen LogP contribution in [0.5, 0.6) is 11.8 Å². The molecule has 0 saturated carbocycles. The molecule has 2 aliphatic heterocycles. The Morgan fingerprint density at radius 2 is 2.07 bits per heavy atom. The summed E-state index contributed by atoms with van der Waals surface area (Å²) in [5.74, 6) is 0.252. The number of fused-ring (bicyclic) bond motifs is 1. The summed E-state index contributed by atoms with van der Waals surface area (Å²) in [6.07, 6.45) is 5.26. The molecule has 2 saturated heterocycles. The Bertz CT molecular complexity index is 1350. The Morgan fingerprint density at radius 1 is 1.24 bits per heavy atom. The number of likely N-dealkylation sites (tertiary alicyclic amines) is 1. The maximum Gasteiger partial charge on any atom is 0.319 e. The molecule has 3 heterocycles. The number of phenols is 1. The Morgan fingerprint density at radius 3 is 2.78 bits per heavy atom. The van der Waals surface area contributed by atoms with Crippen LogP contribution in [-0.2, 0) is 17.6 Å². The number of carbonyl (C=O) groups is 2. The van der Waals surface area contributed by atoms with Gasteiger partial charge in [-0.1, -0.05) is 18.7 Å². The van der Waals surface area contributed by atoms with Crippen LogP contribution >= 0.6 is 0 Å². The van der Waals surface area contributed by atoms with Gasteiger partial charge in [-0.05, 0) is 75.9 Å². The predicted molar refractivity (Wildman–Crippen MR) is 154 cm³/mol. The number of amides is 1. The molecule has 10 nitrogen and oxygen atoms in total. The number of phenolic OH excluding ortho intramolecular Hbond substituents is 1. The highest BCUT2D eigenvalue weighted by Crippen LogP contribution is 2.36. The van der Waals surface area contributed by atoms with Gasteiger partial charge in [-0.25, -0.2) is 0 Å². The van der Waals surface area contributed by atoms with Gasteiger partial charge < -0.3 is 24.5 Å². The number of hydrogen-bond acceptors (Lipinski definition) is 9. The van der Waals surface area contributed by atoms with E-state index in [0.29, 0.717) is 57.0 Å². The van der Waals surface area contributed by atoms with Crippen molar-refractivity contribution < 1.29 is 19.4 Å². The van der Waals surface area contributed by atoms with E-state index in [2.05, 4.69) is 34.5 Å². The van der Waals surface area contributed by atoms with Crippen LogP contribution in [0.15, 0.2) is 30.9 Å². The van der Waals surface area contributed by atoms with Crippen molar-refractivity contribution >= 4 is 17.5 Å². The Hall–Kier alpha value is -3.97. The van der Waals surface area contributed by atoms with Crippen LogP contribution < -0.4 is 9.64 Å². The highest BCUT2D eigenvalue weighted by molar-refractivity contribution is 6.00. The van der Waals surface area contributed by atoms with Crippen molar-refractivity contribution in [2.75, 3.05) is 44.7 Å². The van der Waals surface area contributed by atoms with E-state index >= 15 is 0 Å². The summed E-state index contributed by atoms with van der Waals surface area (Å²) >= 11 is 0. The molecule has 2 fully saturated rings. The van der Waals surface area contributed by atoms with Gasteiger partial charge >= 0.3 is 6.01 Å². The van der Waals surface area contributed by atoms with Crippen LogP contribution in [0.4, 0.5) is 5.82 Å². The lowest BCUT2D eigenvalue weighted by molar-refractivity contribution is -0.128. The first-order valence-corrected chi connectivity index (χ1v) is 14.4. The molecule has 0 bridgehead atoms. The van der Waals surface area contributed by atoms with Crippen molar-refractivity contribution in [1.82, 2.24) is 19.8 Å². The summed E-state index contributed by atoms with van der Waals surface area (Å²) in [4.78, 5) is 41.9. The fraction of sp³-hybridized carbons (Fsp3) is 0.516. The van der Waals surface area contributed by atoms with Crippen molar-refractivity contribution in [2.45, 2.75) is 57.5 Å². The Balaban J connectivity index is 1.47. The van der Waals surface area contributed by atoms with Crippen LogP contribution in [0.25, 0.3) is 0 Å². The van der Waals surface area contributed by atoms with Crippen molar-refractivity contribution in [3.05, 3.63) is 53.2 Å². The highest BCUT2D eigenvalue weighted by atomic mass is 16.5. The number of aromatic hydroxyl groups is 1. The standard InChI is InChI=1S/C31H38N6O4/c1-4-27(39)37-16-15-36(18-22(37)12-13-32)30-24-11-10-21(17-25-20(2)7-5-9-26(25)38)29(40)28(24)33-31(34-30)41-19-23-8-6-14-35(23)3/h4-5,7,9,21-23,38H,1,6,8,10-12,14-19H2,2-3H3/t21-,22?,23?/m0/s1. The summed E-state index contributed by atoms with van der Waals surface area (Å²) < 4.78 is 6.14. The van der Waals surface area contributed by atoms with Crippen LogP contribution in [0.3, 0.4) is 0 Å². The van der Waals surface area contributed by atoms with Crippen molar-refractivity contribution in [1.29, 1.82) is 5.26 Å². The number of piperazine rings is 1. The average molecular weight is 559 g/mol. The van der Waals surface area contributed by atoms with Crippen LogP contribution in [-0.4, -0.2) is 88.5 Å². The molecule has 10 heteroatoms. The number of nitrogens with zero attached hydrogens (tertiary/aromatic N) is 6. The topological polar surface area (TPSA) is 123 Å². The van der Waals surface area contributed by atoms with E-state index in [4.69, 9.17) is 9.72 Å². The summed E-state index contributed by atoms with van der Waals surface area (Å²) in [5, 5.41) is 19.9. The fourth-order valence-electron chi connectivity index (χ4n) is 6.34. The Kier molecular flexibility index (Phi) is 8.54. The Labute approximate surface area is 241 Å². The van der Waals surface area contributed by atoms with Gasteiger partial charge in [0.1, 0.15) is 23.9 Å². The van der Waals surface area contributed by atoms with Gasteiger partial charge in [-0.15, -0.1) is 0 Å². The van der Waals surface area contributed by atoms with E-state index in [0.717, 1.165) is 36.1 Å². The number of nitriles is 1. The van der Waals surface area contributed by atoms with E-state index in [9.17, 15) is 20.0 Å². The first kappa shape index (κ1) is 28.6. The molecule has 41 heavy (non-hydrogen) atoms. The SMILES string of the molecule is C=CC(=O)N1CCN(c2nc(OCC3CCCN3C)nc3c2CC[C@@H](Cc2c(C)cccc2O)C3=O)CC1CC#N. The summed E-state index contributed by atoms with van der Waals surface area (Å²) in [6, 6.07) is 7.72. The monoisotopic (exact) mass is 558 g/mol. The molecule has 1 aliphatic carbocycles. The number of ketones is 1. The molecule has 216 valence electrons. The minimum absolute atomic E-state index is 0.0746. The first-order valence-electron chi connectivity index (χ1n) is 14.4. The normalized spacial score (nSPS) is 22.8. The third-order valence-corrected chi connectivity index (χ3v) is 8.79. The van der Waals surface area contributed by atoms with Gasteiger partial charge in [0.25, 0.3) is 0 Å². The van der Waals surface area contributed by atoms with E-state index in [-0.39, 0.29) is 47.9 Å². The number of benzene rings is 1. The zero-order chi connectivity index (χ0) is 29.1. The second kappa shape index (κ2) is 12.3. The number of aryl methyl sites for hydroxylation is 1. The molecule has 0 spiro atoms. The summed E-state index contributed by atoms with van der Waals surface area (Å²) in [5.41, 5.74) is 2.89. The highest BCUT2D eigenvalue weighted by Gasteiger charge is 2.37. The van der Waals surface area contributed by atoms with Crippen molar-refractivity contribution in [2.24, 2.45) is 5.92 Å². The number of ether oxygens (including phenoxy) is 1. The molecule has 3 atom stereocenters. The van der Waals surface area contributed by atoms with Gasteiger partial charge in [0.15, 0.2) is 5.78 Å². The van der Waals surface area contributed by atoms with Crippen LogP contribution in [0, 0.1) is 24.2 Å². The van der Waals surface area contributed by atoms with Crippen molar-refractivity contribution in [3.63, 3.8) is 0 Å². The zero-order valence-electron chi connectivity index (χ0n) is 23.9. The molecule has 1 aromatic heterocycles. The summed E-state index contributed by atoms with van der Waals surface area (Å²) in [7, 11) is 2.08. The summed E-state index contributed by atoms with van der Waals surface area (Å²) in [6.45, 7) is 8.34. The smallest absolute Gasteiger partial charge is 0.319 e. The maximum atomic E-state index is 13.9. The van der Waals surface area contributed by atoms with E-state index in [1.807, 2.05) is 13.0 Å². The average Bonchev–Trinajstić information content (AvgIpc) is 3.39.